The third-order valence-electron chi connectivity index (χ3n) is 5.39. The maximum atomic E-state index is 13.5. The van der Waals surface area contributed by atoms with Crippen molar-refractivity contribution >= 4 is 17.8 Å². The van der Waals surface area contributed by atoms with E-state index in [-0.39, 0.29) is 17.0 Å². The van der Waals surface area contributed by atoms with E-state index in [1.165, 1.54) is 0 Å². The molecule has 1 aliphatic carbocycles. The molecule has 2 aromatic rings. The number of nitrogens with two attached hydrogens (primary N) is 1. The highest BCUT2D eigenvalue weighted by atomic mass is 16.6. The number of ether oxygens (including phenoxy) is 2. The second-order valence-corrected chi connectivity index (χ2v) is 7.44. The number of ketones is 1. The summed E-state index contributed by atoms with van der Waals surface area (Å²) in [6.45, 7) is 3.31. The molecule has 0 aromatic heterocycles. The van der Waals surface area contributed by atoms with Gasteiger partial charge in [0.25, 0.3) is 11.7 Å². The molecule has 8 heteroatoms. The van der Waals surface area contributed by atoms with Gasteiger partial charge in [-0.2, -0.15) is 0 Å². The molecule has 4 rings (SSSR count). The Morgan fingerprint density at radius 1 is 1.21 bits per heavy atom. The van der Waals surface area contributed by atoms with Gasteiger partial charge in [-0.15, -0.1) is 0 Å². The molecule has 29 heavy (non-hydrogen) atoms. The second kappa shape index (κ2) is 6.31. The first-order valence-corrected chi connectivity index (χ1v) is 9.14. The number of nitrogens with one attached hydrogen (secondary N) is 1. The molecule has 2 aromatic carbocycles. The Bertz CT molecular complexity index is 1050. The number of aliphatic hydroxyl groups is 1. The quantitative estimate of drug-likeness (QED) is 0.721. The molecule has 2 unspecified atom stereocenters. The van der Waals surface area contributed by atoms with Crippen molar-refractivity contribution in [2.24, 2.45) is 5.73 Å². The molecule has 0 bridgehead atoms. The van der Waals surface area contributed by atoms with Gasteiger partial charge in [0.05, 0.1) is 0 Å². The van der Waals surface area contributed by atoms with Gasteiger partial charge in [-0.05, 0) is 17.5 Å². The minimum Gasteiger partial charge on any atom is -0.454 e. The van der Waals surface area contributed by atoms with Crippen molar-refractivity contribution in [2.75, 3.05) is 6.61 Å². The lowest BCUT2D eigenvalue weighted by Crippen LogP contribution is -2.60. The van der Waals surface area contributed by atoms with Gasteiger partial charge < -0.3 is 25.6 Å². The summed E-state index contributed by atoms with van der Waals surface area (Å²) in [6.07, 6.45) is -1.13. The summed E-state index contributed by atoms with van der Waals surface area (Å²) in [4.78, 5) is 36.8. The molecule has 1 aliphatic heterocycles. The molecular weight excluding hydrogens is 376 g/mol. The van der Waals surface area contributed by atoms with Crippen LogP contribution in [0, 0.1) is 0 Å². The van der Waals surface area contributed by atoms with Gasteiger partial charge in [-0.3, -0.25) is 9.59 Å². The average molecular weight is 396 g/mol. The molecule has 0 fully saturated rings. The Kier molecular flexibility index (Phi) is 4.13. The molecule has 150 valence electrons. The molecule has 8 nitrogen and oxygen atoms in total. The normalized spacial score (nSPS) is 23.8. The number of Topliss-reactive ketones (excluding diaryl/α,β-unsaturated/α-hetero) is 1. The summed E-state index contributed by atoms with van der Waals surface area (Å²) < 4.78 is 10.5. The van der Waals surface area contributed by atoms with E-state index in [4.69, 9.17) is 10.5 Å². The topological polar surface area (TPSA) is 128 Å². The van der Waals surface area contributed by atoms with Crippen LogP contribution in [0.5, 0.6) is 5.75 Å². The lowest BCUT2D eigenvalue weighted by molar-refractivity contribution is -0.176. The van der Waals surface area contributed by atoms with Crippen LogP contribution in [0.25, 0.3) is 0 Å². The van der Waals surface area contributed by atoms with Crippen molar-refractivity contribution < 1.29 is 29.0 Å². The minimum atomic E-state index is -2.14. The smallest absolute Gasteiger partial charge is 0.405 e. The van der Waals surface area contributed by atoms with E-state index in [1.54, 1.807) is 36.4 Å². The Morgan fingerprint density at radius 3 is 2.62 bits per heavy atom. The van der Waals surface area contributed by atoms with Crippen molar-refractivity contribution in [2.45, 2.75) is 31.1 Å². The van der Waals surface area contributed by atoms with Gasteiger partial charge >= 0.3 is 6.09 Å². The number of benzene rings is 2. The number of rotatable bonds is 4. The molecular formula is C21H20N2O6. The summed E-state index contributed by atoms with van der Waals surface area (Å²) in [6, 6.07) is 11.7. The SMILES string of the molecule is CC(C)c1ccc2c(c1)OC1(O)c3ccccc3C(=O)C21NC(=O)COC(N)=O. The molecule has 2 aliphatic rings. The summed E-state index contributed by atoms with van der Waals surface area (Å²) in [7, 11) is 0. The van der Waals surface area contributed by atoms with Crippen LogP contribution in [0.4, 0.5) is 4.79 Å². The largest absolute Gasteiger partial charge is 0.454 e. The van der Waals surface area contributed by atoms with E-state index < -0.39 is 35.7 Å². The van der Waals surface area contributed by atoms with E-state index >= 15 is 0 Å². The average Bonchev–Trinajstić information content (AvgIpc) is 3.03. The van der Waals surface area contributed by atoms with Gasteiger partial charge in [-0.1, -0.05) is 50.2 Å². The van der Waals surface area contributed by atoms with E-state index in [0.29, 0.717) is 11.3 Å². The molecule has 0 spiro atoms. The van der Waals surface area contributed by atoms with Crippen LogP contribution in [-0.2, 0) is 20.9 Å². The van der Waals surface area contributed by atoms with Crippen molar-refractivity contribution in [3.8, 4) is 5.75 Å². The molecule has 4 N–H and O–H groups in total. The molecule has 0 saturated carbocycles. The summed E-state index contributed by atoms with van der Waals surface area (Å²) in [5.74, 6) is -2.96. The summed E-state index contributed by atoms with van der Waals surface area (Å²) >= 11 is 0. The Balaban J connectivity index is 1.87. The Labute approximate surface area is 166 Å². The van der Waals surface area contributed by atoms with Crippen LogP contribution in [0.2, 0.25) is 0 Å². The van der Waals surface area contributed by atoms with E-state index in [9.17, 15) is 19.5 Å². The zero-order valence-electron chi connectivity index (χ0n) is 15.9. The Hall–Kier alpha value is -3.39. The van der Waals surface area contributed by atoms with Crippen molar-refractivity contribution in [3.63, 3.8) is 0 Å². The predicted octanol–water partition coefficient (Wildman–Crippen LogP) is 1.65. The fourth-order valence-corrected chi connectivity index (χ4v) is 4.01. The molecule has 1 heterocycles. The second-order valence-electron chi connectivity index (χ2n) is 7.44. The molecule has 0 saturated heterocycles. The number of primary amides is 1. The van der Waals surface area contributed by atoms with Gasteiger partial charge in [0.15, 0.2) is 6.61 Å². The van der Waals surface area contributed by atoms with Gasteiger partial charge in [0.2, 0.25) is 11.3 Å². The fraction of sp³-hybridized carbons (Fsp3) is 0.286. The molecule has 2 amide bonds. The maximum Gasteiger partial charge on any atom is 0.405 e. The summed E-state index contributed by atoms with van der Waals surface area (Å²) in [5.41, 5.74) is 4.79. The van der Waals surface area contributed by atoms with Crippen LogP contribution < -0.4 is 15.8 Å². The van der Waals surface area contributed by atoms with E-state index in [0.717, 1.165) is 5.56 Å². The number of carbonyl (C=O) groups is 3. The zero-order chi connectivity index (χ0) is 21.0. The Morgan fingerprint density at radius 2 is 1.93 bits per heavy atom. The highest BCUT2D eigenvalue weighted by Gasteiger charge is 2.71. The number of fused-ring (bicyclic) bond motifs is 5. The maximum absolute atomic E-state index is 13.5. The van der Waals surface area contributed by atoms with E-state index in [2.05, 4.69) is 10.1 Å². The first-order chi connectivity index (χ1) is 13.7. The monoisotopic (exact) mass is 396 g/mol. The number of carbonyl (C=O) groups excluding carboxylic acids is 3. The standard InChI is InChI=1S/C21H20N2O6/c1-11(2)12-7-8-15-16(9-12)29-21(27)14-6-4-3-5-13(14)18(25)20(15,21)23-17(24)10-28-19(22)26/h3-9,11,27H,10H2,1-2H3,(H2,22,26)(H,23,24). The van der Waals surface area contributed by atoms with Crippen LogP contribution in [0.1, 0.15) is 46.8 Å². The fourth-order valence-electron chi connectivity index (χ4n) is 4.01. The van der Waals surface area contributed by atoms with Crippen LogP contribution in [0.15, 0.2) is 42.5 Å². The van der Waals surface area contributed by atoms with Gasteiger partial charge in [0, 0.05) is 16.7 Å². The highest BCUT2D eigenvalue weighted by molar-refractivity contribution is 6.12. The minimum absolute atomic E-state index is 0.191. The van der Waals surface area contributed by atoms with Crippen LogP contribution in [-0.4, -0.2) is 29.5 Å². The van der Waals surface area contributed by atoms with Gasteiger partial charge in [0.1, 0.15) is 5.75 Å². The molecule has 0 radical (unpaired) electrons. The number of amides is 2. The van der Waals surface area contributed by atoms with Crippen LogP contribution in [0.3, 0.4) is 0 Å². The first kappa shape index (κ1) is 18.9. The van der Waals surface area contributed by atoms with Crippen molar-refractivity contribution in [3.05, 3.63) is 64.7 Å². The van der Waals surface area contributed by atoms with E-state index in [1.807, 2.05) is 19.9 Å². The van der Waals surface area contributed by atoms with Crippen molar-refractivity contribution in [1.82, 2.24) is 5.32 Å². The number of hydrogen-bond donors (Lipinski definition) is 3. The van der Waals surface area contributed by atoms with Crippen molar-refractivity contribution in [1.29, 1.82) is 0 Å². The molecule has 2 atom stereocenters. The van der Waals surface area contributed by atoms with Gasteiger partial charge in [-0.25, -0.2) is 4.79 Å². The zero-order valence-corrected chi connectivity index (χ0v) is 15.9. The lowest BCUT2D eigenvalue weighted by atomic mass is 9.82. The lowest BCUT2D eigenvalue weighted by Gasteiger charge is -2.34. The third kappa shape index (κ3) is 2.52. The first-order valence-electron chi connectivity index (χ1n) is 9.14. The third-order valence-corrected chi connectivity index (χ3v) is 5.39. The summed E-state index contributed by atoms with van der Waals surface area (Å²) in [5, 5.41) is 14.1. The van der Waals surface area contributed by atoms with Crippen LogP contribution >= 0.6 is 0 Å². The predicted molar refractivity (Wildman–Crippen MR) is 101 cm³/mol. The highest BCUT2D eigenvalue weighted by Crippen LogP contribution is 2.58. The number of hydrogen-bond acceptors (Lipinski definition) is 6.